The zero-order valence-corrected chi connectivity index (χ0v) is 14.6. The number of thiazole rings is 1. The van der Waals surface area contributed by atoms with Gasteiger partial charge >= 0.3 is 5.97 Å². The van der Waals surface area contributed by atoms with E-state index in [4.69, 9.17) is 5.11 Å². The minimum atomic E-state index is -1.06. The fourth-order valence-corrected chi connectivity index (χ4v) is 3.57. The van der Waals surface area contributed by atoms with E-state index in [-0.39, 0.29) is 24.8 Å². The molecule has 7 nitrogen and oxygen atoms in total. The van der Waals surface area contributed by atoms with E-state index in [1.165, 1.54) is 44.1 Å². The van der Waals surface area contributed by atoms with Gasteiger partial charge in [0.15, 0.2) is 5.13 Å². The fraction of sp³-hybridized carbons (Fsp3) is 0.625. The Hall–Kier alpha value is -1.96. The van der Waals surface area contributed by atoms with Crippen molar-refractivity contribution in [1.82, 2.24) is 9.88 Å². The van der Waals surface area contributed by atoms with Gasteiger partial charge in [-0.05, 0) is 12.3 Å². The van der Waals surface area contributed by atoms with Crippen molar-refractivity contribution in [1.29, 1.82) is 0 Å². The summed E-state index contributed by atoms with van der Waals surface area (Å²) in [5, 5.41) is 13.6. The Morgan fingerprint density at radius 1 is 1.38 bits per heavy atom. The van der Waals surface area contributed by atoms with Crippen LogP contribution in [-0.4, -0.2) is 46.4 Å². The molecule has 0 bridgehead atoms. The Balaban J connectivity index is 1.76. The Morgan fingerprint density at radius 3 is 2.75 bits per heavy atom. The van der Waals surface area contributed by atoms with Gasteiger partial charge in [0.05, 0.1) is 12.1 Å². The molecule has 132 valence electrons. The highest BCUT2D eigenvalue weighted by Crippen LogP contribution is 2.28. The molecule has 0 aliphatic heterocycles. The second kappa shape index (κ2) is 8.77. The number of hydrogen-bond donors (Lipinski definition) is 2. The second-order valence-corrected chi connectivity index (χ2v) is 7.06. The minimum Gasteiger partial charge on any atom is -0.480 e. The molecule has 1 aliphatic carbocycles. The van der Waals surface area contributed by atoms with Crippen molar-refractivity contribution in [3.05, 3.63) is 11.1 Å². The summed E-state index contributed by atoms with van der Waals surface area (Å²) >= 11 is 1.27. The fourth-order valence-electron chi connectivity index (χ4n) is 2.84. The van der Waals surface area contributed by atoms with E-state index in [0.29, 0.717) is 23.2 Å². The van der Waals surface area contributed by atoms with Crippen LogP contribution in [-0.2, 0) is 20.8 Å². The number of aromatic nitrogens is 1. The molecule has 2 rings (SSSR count). The Kier molecular flexibility index (Phi) is 6.72. The van der Waals surface area contributed by atoms with E-state index in [2.05, 4.69) is 10.3 Å². The van der Waals surface area contributed by atoms with Crippen LogP contribution < -0.4 is 5.32 Å². The third-order valence-electron chi connectivity index (χ3n) is 4.18. The lowest BCUT2D eigenvalue weighted by atomic mass is 10.0. The highest BCUT2D eigenvalue weighted by Gasteiger charge is 2.17. The normalized spacial score (nSPS) is 14.5. The van der Waals surface area contributed by atoms with E-state index in [0.717, 1.165) is 11.3 Å². The van der Waals surface area contributed by atoms with Crippen LogP contribution >= 0.6 is 11.3 Å². The van der Waals surface area contributed by atoms with Crippen molar-refractivity contribution >= 4 is 34.3 Å². The van der Waals surface area contributed by atoms with Gasteiger partial charge in [-0.15, -0.1) is 11.3 Å². The lowest BCUT2D eigenvalue weighted by Crippen LogP contribution is -2.33. The molecule has 1 saturated carbocycles. The monoisotopic (exact) mass is 353 g/mol. The predicted octanol–water partition coefficient (Wildman–Crippen LogP) is 2.14. The molecule has 8 heteroatoms. The number of carbonyl (C=O) groups excluding carboxylic acids is 2. The van der Waals surface area contributed by atoms with Crippen LogP contribution in [0.1, 0.15) is 44.2 Å². The number of anilines is 1. The van der Waals surface area contributed by atoms with Crippen LogP contribution in [0.5, 0.6) is 0 Å². The maximum atomic E-state index is 11.9. The zero-order valence-electron chi connectivity index (χ0n) is 13.8. The Morgan fingerprint density at radius 2 is 2.08 bits per heavy atom. The van der Waals surface area contributed by atoms with Crippen LogP contribution in [0.15, 0.2) is 5.38 Å². The number of nitrogens with one attached hydrogen (secondary N) is 1. The standard InChI is InChI=1S/C16H23N3O4S/c1-19(9-15(22)23)14(21)8-12-10-24-16(17-12)18-13(20)7-6-11-4-2-3-5-11/h10-11H,2-9H2,1H3,(H,22,23)(H,17,18,20). The Bertz CT molecular complexity index is 596. The lowest BCUT2D eigenvalue weighted by Gasteiger charge is -2.13. The number of carboxylic acid groups (broad SMARTS) is 1. The average molecular weight is 353 g/mol. The number of hydrogen-bond acceptors (Lipinski definition) is 5. The molecule has 0 radical (unpaired) electrons. The summed E-state index contributed by atoms with van der Waals surface area (Å²) in [5.74, 6) is -0.747. The number of likely N-dealkylation sites (N-methyl/N-ethyl adjacent to an activating group) is 1. The van der Waals surface area contributed by atoms with Gasteiger partial charge in [0.25, 0.3) is 0 Å². The number of carbonyl (C=O) groups is 3. The molecule has 0 aromatic carbocycles. The molecule has 0 spiro atoms. The molecule has 0 unspecified atom stereocenters. The van der Waals surface area contributed by atoms with E-state index in [1.54, 1.807) is 5.38 Å². The number of amides is 2. The highest BCUT2D eigenvalue weighted by atomic mass is 32.1. The molecule has 0 atom stereocenters. The predicted molar refractivity (Wildman–Crippen MR) is 90.9 cm³/mol. The first-order valence-electron chi connectivity index (χ1n) is 8.14. The van der Waals surface area contributed by atoms with Crippen molar-refractivity contribution in [2.24, 2.45) is 5.92 Å². The van der Waals surface area contributed by atoms with Gasteiger partial charge in [-0.3, -0.25) is 14.4 Å². The van der Waals surface area contributed by atoms with Gasteiger partial charge in [0.1, 0.15) is 6.54 Å². The van der Waals surface area contributed by atoms with Crippen LogP contribution in [0, 0.1) is 5.92 Å². The number of rotatable bonds is 8. The summed E-state index contributed by atoms with van der Waals surface area (Å²) in [7, 11) is 1.44. The Labute approximate surface area is 145 Å². The first-order valence-corrected chi connectivity index (χ1v) is 9.02. The van der Waals surface area contributed by atoms with E-state index < -0.39 is 5.97 Å². The maximum Gasteiger partial charge on any atom is 0.323 e. The minimum absolute atomic E-state index is 0.0260. The smallest absolute Gasteiger partial charge is 0.323 e. The molecule has 2 amide bonds. The van der Waals surface area contributed by atoms with Gasteiger partial charge < -0.3 is 15.3 Å². The maximum absolute atomic E-state index is 11.9. The van der Waals surface area contributed by atoms with Crippen molar-refractivity contribution in [2.45, 2.75) is 44.9 Å². The zero-order chi connectivity index (χ0) is 17.5. The number of nitrogens with zero attached hydrogens (tertiary/aromatic N) is 2. The average Bonchev–Trinajstić information content (AvgIpc) is 3.16. The van der Waals surface area contributed by atoms with Gasteiger partial charge in [0.2, 0.25) is 11.8 Å². The number of carboxylic acids is 1. The van der Waals surface area contributed by atoms with Crippen LogP contribution in [0.25, 0.3) is 0 Å². The summed E-state index contributed by atoms with van der Waals surface area (Å²) in [5.41, 5.74) is 0.535. The molecule has 24 heavy (non-hydrogen) atoms. The third kappa shape index (κ3) is 5.92. The highest BCUT2D eigenvalue weighted by molar-refractivity contribution is 7.13. The van der Waals surface area contributed by atoms with Gasteiger partial charge in [0, 0.05) is 18.8 Å². The summed E-state index contributed by atoms with van der Waals surface area (Å²) in [6, 6.07) is 0. The molecule has 1 aromatic heterocycles. The third-order valence-corrected chi connectivity index (χ3v) is 4.99. The number of aliphatic carboxylic acids is 1. The van der Waals surface area contributed by atoms with Crippen LogP contribution in [0.3, 0.4) is 0 Å². The summed E-state index contributed by atoms with van der Waals surface area (Å²) in [6.07, 6.45) is 6.43. The van der Waals surface area contributed by atoms with Crippen LogP contribution in [0.4, 0.5) is 5.13 Å². The molecule has 1 fully saturated rings. The molecule has 1 heterocycles. The summed E-state index contributed by atoms with van der Waals surface area (Å²) < 4.78 is 0. The van der Waals surface area contributed by atoms with Crippen LogP contribution in [0.2, 0.25) is 0 Å². The summed E-state index contributed by atoms with van der Waals surface area (Å²) in [4.78, 5) is 39.8. The quantitative estimate of drug-likeness (QED) is 0.746. The first kappa shape index (κ1) is 18.4. The molecule has 2 N–H and O–H groups in total. The van der Waals surface area contributed by atoms with Crippen molar-refractivity contribution in [3.63, 3.8) is 0 Å². The van der Waals surface area contributed by atoms with E-state index >= 15 is 0 Å². The largest absolute Gasteiger partial charge is 0.480 e. The van der Waals surface area contributed by atoms with Gasteiger partial charge in [-0.2, -0.15) is 0 Å². The van der Waals surface area contributed by atoms with Crippen molar-refractivity contribution < 1.29 is 19.5 Å². The van der Waals surface area contributed by atoms with Crippen molar-refractivity contribution in [3.8, 4) is 0 Å². The van der Waals surface area contributed by atoms with E-state index in [9.17, 15) is 14.4 Å². The molecule has 1 aromatic rings. The molecule has 1 aliphatic rings. The van der Waals surface area contributed by atoms with Gasteiger partial charge in [-0.1, -0.05) is 25.7 Å². The topological polar surface area (TPSA) is 99.6 Å². The SMILES string of the molecule is CN(CC(=O)O)C(=O)Cc1csc(NC(=O)CCC2CCCC2)n1. The second-order valence-electron chi connectivity index (χ2n) is 6.20. The summed E-state index contributed by atoms with van der Waals surface area (Å²) in [6.45, 7) is -0.340. The lowest BCUT2D eigenvalue weighted by molar-refractivity contribution is -0.143. The molecular weight excluding hydrogens is 330 g/mol. The first-order chi connectivity index (χ1) is 11.4. The van der Waals surface area contributed by atoms with Gasteiger partial charge in [-0.25, -0.2) is 4.98 Å². The van der Waals surface area contributed by atoms with E-state index in [1.807, 2.05) is 0 Å². The molecular formula is C16H23N3O4S. The molecule has 0 saturated heterocycles. The van der Waals surface area contributed by atoms with Crippen molar-refractivity contribution in [2.75, 3.05) is 18.9 Å².